The molecule has 1 aromatic heterocycles. The molecule has 0 N–H and O–H groups in total. The van der Waals surface area contributed by atoms with Crippen LogP contribution in [0.2, 0.25) is 0 Å². The van der Waals surface area contributed by atoms with Gasteiger partial charge in [-0.2, -0.15) is 0 Å². The van der Waals surface area contributed by atoms with Crippen LogP contribution in [0.1, 0.15) is 30.4 Å². The number of benzene rings is 1. The SMILES string of the molecule is COCCN1CCC2(CCN(Cc3cc(=O)n4c5c(cccc35)CCC4)C2)C1=O. The van der Waals surface area contributed by atoms with Crippen molar-refractivity contribution in [1.29, 1.82) is 0 Å². The fraction of sp³-hybridized carbons (Fsp3) is 0.565. The Morgan fingerprint density at radius 3 is 2.86 bits per heavy atom. The van der Waals surface area contributed by atoms with Gasteiger partial charge in [0.15, 0.2) is 0 Å². The molecule has 4 heterocycles. The number of para-hydroxylation sites is 1. The lowest BCUT2D eigenvalue weighted by atomic mass is 9.85. The highest BCUT2D eigenvalue weighted by Gasteiger charge is 2.50. The first-order valence-corrected chi connectivity index (χ1v) is 10.8. The highest BCUT2D eigenvalue weighted by Crippen LogP contribution is 2.41. The number of methoxy groups -OCH3 is 1. The number of pyridine rings is 1. The second-order valence-corrected chi connectivity index (χ2v) is 8.85. The second kappa shape index (κ2) is 7.26. The summed E-state index contributed by atoms with van der Waals surface area (Å²) in [7, 11) is 1.68. The second-order valence-electron chi connectivity index (χ2n) is 8.85. The predicted molar refractivity (Wildman–Crippen MR) is 112 cm³/mol. The van der Waals surface area contributed by atoms with E-state index in [-0.39, 0.29) is 16.9 Å². The first kappa shape index (κ1) is 18.8. The minimum atomic E-state index is -0.241. The summed E-state index contributed by atoms with van der Waals surface area (Å²) in [6.07, 6.45) is 3.91. The molecule has 3 aliphatic rings. The molecule has 0 saturated carbocycles. The molecule has 0 radical (unpaired) electrons. The molecule has 2 aromatic rings. The quantitative estimate of drug-likeness (QED) is 0.777. The van der Waals surface area contributed by atoms with Gasteiger partial charge in [0.1, 0.15) is 0 Å². The monoisotopic (exact) mass is 395 g/mol. The lowest BCUT2D eigenvalue weighted by molar-refractivity contribution is -0.136. The van der Waals surface area contributed by atoms with Gasteiger partial charge in [0.25, 0.3) is 5.56 Å². The Bertz CT molecular complexity index is 1010. The molecule has 154 valence electrons. The number of hydrogen-bond donors (Lipinski definition) is 0. The maximum atomic E-state index is 13.0. The first-order chi connectivity index (χ1) is 14.1. The van der Waals surface area contributed by atoms with E-state index in [1.54, 1.807) is 7.11 Å². The lowest BCUT2D eigenvalue weighted by Gasteiger charge is -2.25. The van der Waals surface area contributed by atoms with Crippen molar-refractivity contribution in [3.8, 4) is 0 Å². The number of ether oxygens (including phenoxy) is 1. The summed E-state index contributed by atoms with van der Waals surface area (Å²) in [5, 5.41) is 1.20. The molecule has 1 unspecified atom stereocenters. The zero-order chi connectivity index (χ0) is 20.0. The van der Waals surface area contributed by atoms with Gasteiger partial charge >= 0.3 is 0 Å². The van der Waals surface area contributed by atoms with Crippen LogP contribution >= 0.6 is 0 Å². The van der Waals surface area contributed by atoms with Gasteiger partial charge in [0, 0.05) is 51.3 Å². The van der Waals surface area contributed by atoms with E-state index in [4.69, 9.17) is 4.74 Å². The number of likely N-dealkylation sites (tertiary alicyclic amines) is 2. The van der Waals surface area contributed by atoms with E-state index in [9.17, 15) is 9.59 Å². The lowest BCUT2D eigenvalue weighted by Crippen LogP contribution is -2.38. The Hall–Kier alpha value is -2.18. The molecule has 0 bridgehead atoms. The van der Waals surface area contributed by atoms with Crippen molar-refractivity contribution in [3.05, 3.63) is 45.7 Å². The molecule has 29 heavy (non-hydrogen) atoms. The van der Waals surface area contributed by atoms with Gasteiger partial charge in [0.05, 0.1) is 17.5 Å². The molecule has 1 aromatic carbocycles. The number of hydrogen-bond acceptors (Lipinski definition) is 4. The Morgan fingerprint density at radius 1 is 1.14 bits per heavy atom. The van der Waals surface area contributed by atoms with Gasteiger partial charge in [-0.25, -0.2) is 0 Å². The van der Waals surface area contributed by atoms with E-state index in [0.717, 1.165) is 69.5 Å². The molecule has 0 aliphatic carbocycles. The maximum Gasteiger partial charge on any atom is 0.251 e. The Kier molecular flexibility index (Phi) is 4.71. The zero-order valence-electron chi connectivity index (χ0n) is 17.2. The van der Waals surface area contributed by atoms with Crippen LogP contribution in [0.3, 0.4) is 0 Å². The molecule has 6 nitrogen and oxygen atoms in total. The number of carbonyl (C=O) groups excluding carboxylic acids is 1. The number of amides is 1. The largest absolute Gasteiger partial charge is 0.383 e. The molecule has 1 atom stereocenters. The van der Waals surface area contributed by atoms with E-state index < -0.39 is 0 Å². The Balaban J connectivity index is 1.39. The van der Waals surface area contributed by atoms with Crippen LogP contribution in [0.25, 0.3) is 10.9 Å². The number of rotatable bonds is 5. The number of nitrogens with zero attached hydrogens (tertiary/aromatic N) is 3. The standard InChI is InChI=1S/C23H29N3O3/c1-29-13-12-25-11-8-23(22(25)28)7-10-24(16-23)15-18-14-20(27)26-9-3-5-17-4-2-6-19(18)21(17)26/h2,4,6,14H,3,5,7-13,15-16H2,1H3. The average Bonchev–Trinajstić information content (AvgIpc) is 3.28. The van der Waals surface area contributed by atoms with Crippen LogP contribution in [0, 0.1) is 5.41 Å². The van der Waals surface area contributed by atoms with Crippen LogP contribution in [0.5, 0.6) is 0 Å². The number of aryl methyl sites for hydroxylation is 2. The molecule has 3 aliphatic heterocycles. The van der Waals surface area contributed by atoms with Gasteiger partial charge in [-0.15, -0.1) is 0 Å². The van der Waals surface area contributed by atoms with E-state index in [1.165, 1.54) is 10.9 Å². The van der Waals surface area contributed by atoms with Crippen LogP contribution in [-0.4, -0.2) is 60.2 Å². The fourth-order valence-corrected chi connectivity index (χ4v) is 5.59. The summed E-state index contributed by atoms with van der Waals surface area (Å²) >= 11 is 0. The third-order valence-electron chi connectivity index (χ3n) is 7.12. The van der Waals surface area contributed by atoms with E-state index in [0.29, 0.717) is 13.2 Å². The maximum absolute atomic E-state index is 13.0. The third kappa shape index (κ3) is 3.09. The predicted octanol–water partition coefficient (Wildman–Crippen LogP) is 2.02. The average molecular weight is 396 g/mol. The summed E-state index contributed by atoms with van der Waals surface area (Å²) in [6, 6.07) is 8.23. The summed E-state index contributed by atoms with van der Waals surface area (Å²) in [5.74, 6) is 0.286. The third-order valence-corrected chi connectivity index (χ3v) is 7.12. The van der Waals surface area contributed by atoms with Crippen molar-refractivity contribution < 1.29 is 9.53 Å². The highest BCUT2D eigenvalue weighted by molar-refractivity contribution is 5.86. The van der Waals surface area contributed by atoms with Crippen molar-refractivity contribution in [1.82, 2.24) is 14.4 Å². The molecule has 1 spiro atoms. The van der Waals surface area contributed by atoms with Crippen molar-refractivity contribution in [3.63, 3.8) is 0 Å². The van der Waals surface area contributed by atoms with E-state index in [2.05, 4.69) is 23.1 Å². The molecule has 1 amide bonds. The zero-order valence-corrected chi connectivity index (χ0v) is 17.2. The molecular weight excluding hydrogens is 366 g/mol. The van der Waals surface area contributed by atoms with Crippen LogP contribution in [-0.2, 0) is 29.0 Å². The van der Waals surface area contributed by atoms with Gasteiger partial charge in [0.2, 0.25) is 5.91 Å². The molecular formula is C23H29N3O3. The van der Waals surface area contributed by atoms with Gasteiger partial charge < -0.3 is 14.2 Å². The van der Waals surface area contributed by atoms with Crippen molar-refractivity contribution >= 4 is 16.8 Å². The normalized spacial score (nSPS) is 24.3. The van der Waals surface area contributed by atoms with Crippen LogP contribution in [0.4, 0.5) is 0 Å². The van der Waals surface area contributed by atoms with Crippen LogP contribution in [0.15, 0.2) is 29.1 Å². The minimum absolute atomic E-state index is 0.108. The van der Waals surface area contributed by atoms with Crippen molar-refractivity contribution in [2.75, 3.05) is 39.9 Å². The van der Waals surface area contributed by atoms with Crippen molar-refractivity contribution in [2.45, 2.75) is 38.8 Å². The van der Waals surface area contributed by atoms with Gasteiger partial charge in [-0.1, -0.05) is 18.2 Å². The minimum Gasteiger partial charge on any atom is -0.383 e. The van der Waals surface area contributed by atoms with E-state index in [1.807, 2.05) is 15.5 Å². The Labute approximate surface area is 171 Å². The summed E-state index contributed by atoms with van der Waals surface area (Å²) in [5.41, 5.74) is 3.37. The summed E-state index contributed by atoms with van der Waals surface area (Å²) in [6.45, 7) is 5.36. The summed E-state index contributed by atoms with van der Waals surface area (Å²) in [4.78, 5) is 30.1. The highest BCUT2D eigenvalue weighted by atomic mass is 16.5. The van der Waals surface area contributed by atoms with Gasteiger partial charge in [-0.3, -0.25) is 14.5 Å². The van der Waals surface area contributed by atoms with Gasteiger partial charge in [-0.05, 0) is 43.4 Å². The van der Waals surface area contributed by atoms with Crippen molar-refractivity contribution in [2.24, 2.45) is 5.41 Å². The molecule has 2 fully saturated rings. The molecule has 6 heteroatoms. The smallest absolute Gasteiger partial charge is 0.251 e. The molecule has 5 rings (SSSR count). The van der Waals surface area contributed by atoms with E-state index >= 15 is 0 Å². The Morgan fingerprint density at radius 2 is 2.00 bits per heavy atom. The van der Waals surface area contributed by atoms with Crippen LogP contribution < -0.4 is 5.56 Å². The fourth-order valence-electron chi connectivity index (χ4n) is 5.59. The first-order valence-electron chi connectivity index (χ1n) is 10.8. The molecule has 2 saturated heterocycles. The number of aromatic nitrogens is 1. The number of carbonyl (C=O) groups is 1. The topological polar surface area (TPSA) is 54.8 Å². The summed E-state index contributed by atoms with van der Waals surface area (Å²) < 4.78 is 7.09.